The molecule has 0 bridgehead atoms. The number of hydrogen-bond acceptors (Lipinski definition) is 5. The lowest BCUT2D eigenvalue weighted by atomic mass is 10.1. The Kier molecular flexibility index (Phi) is 6.44. The molecule has 1 amide bonds. The summed E-state index contributed by atoms with van der Waals surface area (Å²) in [5, 5.41) is 7.95. The first-order valence-corrected chi connectivity index (χ1v) is 12.1. The molecule has 0 unspecified atom stereocenters. The lowest BCUT2D eigenvalue weighted by Gasteiger charge is -2.22. The fourth-order valence-electron chi connectivity index (χ4n) is 4.62. The summed E-state index contributed by atoms with van der Waals surface area (Å²) in [6, 6.07) is 7.10. The van der Waals surface area contributed by atoms with Gasteiger partial charge in [-0.15, -0.1) is 11.3 Å². The van der Waals surface area contributed by atoms with Gasteiger partial charge < -0.3 is 5.32 Å². The summed E-state index contributed by atoms with van der Waals surface area (Å²) in [6.07, 6.45) is 3.48. The third kappa shape index (κ3) is 4.83. The second-order valence-corrected chi connectivity index (χ2v) is 10.3. The summed E-state index contributed by atoms with van der Waals surface area (Å²) >= 11 is 1.88. The molecule has 0 radical (unpaired) electrons. The number of nitrogens with zero attached hydrogens (tertiary/aromatic N) is 4. The average molecular weight is 440 g/mol. The quantitative estimate of drug-likeness (QED) is 0.588. The summed E-state index contributed by atoms with van der Waals surface area (Å²) in [6.45, 7) is 12.4. The van der Waals surface area contributed by atoms with Crippen LogP contribution < -0.4 is 5.32 Å². The Morgan fingerprint density at radius 1 is 1.29 bits per heavy atom. The van der Waals surface area contributed by atoms with Gasteiger partial charge >= 0.3 is 0 Å². The van der Waals surface area contributed by atoms with Crippen molar-refractivity contribution in [2.45, 2.75) is 78.9 Å². The molecule has 31 heavy (non-hydrogen) atoms. The van der Waals surface area contributed by atoms with E-state index in [1.54, 1.807) is 0 Å². The first-order chi connectivity index (χ1) is 14.8. The Bertz CT molecular complexity index is 1080. The van der Waals surface area contributed by atoms with Crippen molar-refractivity contribution in [1.82, 2.24) is 24.8 Å². The highest BCUT2D eigenvalue weighted by molar-refractivity contribution is 7.11. The number of hydrogen-bond donors (Lipinski definition) is 1. The van der Waals surface area contributed by atoms with E-state index in [2.05, 4.69) is 42.3 Å². The fourth-order valence-corrected chi connectivity index (χ4v) is 5.54. The van der Waals surface area contributed by atoms with Crippen molar-refractivity contribution >= 4 is 22.9 Å². The highest BCUT2D eigenvalue weighted by Crippen LogP contribution is 2.34. The molecule has 3 aromatic heterocycles. The van der Waals surface area contributed by atoms with E-state index in [1.807, 2.05) is 36.6 Å². The molecule has 0 aliphatic carbocycles. The second-order valence-electron chi connectivity index (χ2n) is 8.96. The maximum atomic E-state index is 12.1. The third-order valence-electron chi connectivity index (χ3n) is 6.09. The molecule has 0 aromatic carbocycles. The fraction of sp³-hybridized carbons (Fsp3) is 0.542. The molecule has 7 heteroatoms. The molecule has 1 atom stereocenters. The number of nitrogens with one attached hydrogen (secondary N) is 1. The number of aromatic nitrogens is 3. The van der Waals surface area contributed by atoms with Crippen LogP contribution in [0.25, 0.3) is 5.65 Å². The third-order valence-corrected chi connectivity index (χ3v) is 7.08. The molecule has 0 spiro atoms. The van der Waals surface area contributed by atoms with Gasteiger partial charge in [0.1, 0.15) is 0 Å². The van der Waals surface area contributed by atoms with E-state index in [4.69, 9.17) is 10.1 Å². The van der Waals surface area contributed by atoms with Gasteiger partial charge in [0, 0.05) is 46.2 Å². The smallest absolute Gasteiger partial charge is 0.220 e. The number of likely N-dealkylation sites (tertiary alicyclic amines) is 1. The zero-order valence-electron chi connectivity index (χ0n) is 19.2. The zero-order valence-corrected chi connectivity index (χ0v) is 20.1. The SMILES string of the molecule is Cc1ccc(CN2CCC[C@@H]2c2cc3nc(C)c(CCC(=O)NC(C)C)c(C)n3n2)s1. The number of rotatable bonds is 7. The van der Waals surface area contributed by atoms with Gasteiger partial charge in [0.15, 0.2) is 5.65 Å². The number of aryl methyl sites for hydroxylation is 3. The zero-order chi connectivity index (χ0) is 22.1. The summed E-state index contributed by atoms with van der Waals surface area (Å²) in [4.78, 5) is 22.3. The first kappa shape index (κ1) is 22.0. The van der Waals surface area contributed by atoms with Gasteiger partial charge in [-0.2, -0.15) is 5.10 Å². The number of thiophene rings is 1. The van der Waals surface area contributed by atoms with Gasteiger partial charge in [0.25, 0.3) is 0 Å². The minimum Gasteiger partial charge on any atom is -0.354 e. The van der Waals surface area contributed by atoms with E-state index in [-0.39, 0.29) is 11.9 Å². The van der Waals surface area contributed by atoms with Crippen LogP contribution in [0.15, 0.2) is 18.2 Å². The summed E-state index contributed by atoms with van der Waals surface area (Å²) < 4.78 is 1.98. The van der Waals surface area contributed by atoms with E-state index in [1.165, 1.54) is 16.2 Å². The average Bonchev–Trinajstić information content (AvgIpc) is 3.41. The molecule has 1 aliphatic rings. The molecule has 3 aromatic rings. The van der Waals surface area contributed by atoms with Crippen LogP contribution in [0.5, 0.6) is 0 Å². The van der Waals surface area contributed by atoms with E-state index < -0.39 is 0 Å². The molecule has 6 nitrogen and oxygen atoms in total. The number of amides is 1. The number of carbonyl (C=O) groups is 1. The normalized spacial score (nSPS) is 17.2. The van der Waals surface area contributed by atoms with Gasteiger partial charge in [0.2, 0.25) is 5.91 Å². The van der Waals surface area contributed by atoms with Crippen LogP contribution in [0, 0.1) is 20.8 Å². The van der Waals surface area contributed by atoms with Gasteiger partial charge in [-0.25, -0.2) is 9.50 Å². The molecular weight excluding hydrogens is 406 g/mol. The Balaban J connectivity index is 1.56. The Morgan fingerprint density at radius 3 is 2.81 bits per heavy atom. The predicted octanol–water partition coefficient (Wildman–Crippen LogP) is 4.51. The van der Waals surface area contributed by atoms with Crippen LogP contribution >= 0.6 is 11.3 Å². The minimum absolute atomic E-state index is 0.0838. The highest BCUT2D eigenvalue weighted by Gasteiger charge is 2.29. The van der Waals surface area contributed by atoms with Crippen molar-refractivity contribution in [3.8, 4) is 0 Å². The van der Waals surface area contributed by atoms with E-state index in [0.29, 0.717) is 18.9 Å². The Labute approximate surface area is 188 Å². The van der Waals surface area contributed by atoms with Crippen LogP contribution in [-0.4, -0.2) is 38.0 Å². The summed E-state index contributed by atoms with van der Waals surface area (Å²) in [5.41, 5.74) is 5.21. The van der Waals surface area contributed by atoms with E-state index in [9.17, 15) is 4.79 Å². The predicted molar refractivity (Wildman–Crippen MR) is 126 cm³/mol. The Hall–Kier alpha value is -2.25. The number of carbonyl (C=O) groups excluding carboxylic acids is 1. The second kappa shape index (κ2) is 9.09. The summed E-state index contributed by atoms with van der Waals surface area (Å²) in [7, 11) is 0. The standard InChI is InChI=1S/C24H33N5OS/c1-15(2)25-24(30)11-10-20-17(4)26-23-13-21(27-29(23)18(20)5)22-7-6-12-28(22)14-19-9-8-16(3)31-19/h8-9,13,15,22H,6-7,10-12,14H2,1-5H3,(H,25,30)/t22-/m1/s1. The molecular formula is C24H33N5OS. The van der Waals surface area contributed by atoms with Gasteiger partial charge in [-0.3, -0.25) is 9.69 Å². The van der Waals surface area contributed by atoms with Crippen molar-refractivity contribution in [3.05, 3.63) is 50.6 Å². The van der Waals surface area contributed by atoms with Crippen LogP contribution in [0.3, 0.4) is 0 Å². The van der Waals surface area contributed by atoms with Gasteiger partial charge in [-0.05, 0) is 78.1 Å². The van der Waals surface area contributed by atoms with Crippen molar-refractivity contribution in [2.24, 2.45) is 0 Å². The highest BCUT2D eigenvalue weighted by atomic mass is 32.1. The number of fused-ring (bicyclic) bond motifs is 1. The first-order valence-electron chi connectivity index (χ1n) is 11.3. The molecule has 4 rings (SSSR count). The molecule has 166 valence electrons. The van der Waals surface area contributed by atoms with E-state index >= 15 is 0 Å². The van der Waals surface area contributed by atoms with Crippen LogP contribution in [0.4, 0.5) is 0 Å². The monoisotopic (exact) mass is 439 g/mol. The van der Waals surface area contributed by atoms with Crippen LogP contribution in [0.2, 0.25) is 0 Å². The summed E-state index contributed by atoms with van der Waals surface area (Å²) in [5.74, 6) is 0.0838. The van der Waals surface area contributed by atoms with Crippen molar-refractivity contribution in [2.75, 3.05) is 6.54 Å². The van der Waals surface area contributed by atoms with Gasteiger partial charge in [-0.1, -0.05) is 0 Å². The molecule has 1 fully saturated rings. The largest absolute Gasteiger partial charge is 0.354 e. The molecule has 1 saturated heterocycles. The Morgan fingerprint density at radius 2 is 2.10 bits per heavy atom. The molecule has 4 heterocycles. The van der Waals surface area contributed by atoms with Gasteiger partial charge in [0.05, 0.1) is 11.7 Å². The lowest BCUT2D eigenvalue weighted by molar-refractivity contribution is -0.121. The topological polar surface area (TPSA) is 62.5 Å². The van der Waals surface area contributed by atoms with Crippen molar-refractivity contribution in [3.63, 3.8) is 0 Å². The molecule has 1 N–H and O–H groups in total. The van der Waals surface area contributed by atoms with Crippen LogP contribution in [-0.2, 0) is 17.8 Å². The maximum absolute atomic E-state index is 12.1. The lowest BCUT2D eigenvalue weighted by Crippen LogP contribution is -2.30. The molecule has 0 saturated carbocycles. The van der Waals surface area contributed by atoms with Crippen LogP contribution in [0.1, 0.15) is 71.6 Å². The van der Waals surface area contributed by atoms with Crippen molar-refractivity contribution < 1.29 is 4.79 Å². The van der Waals surface area contributed by atoms with Crippen molar-refractivity contribution in [1.29, 1.82) is 0 Å². The minimum atomic E-state index is 0.0838. The molecule has 1 aliphatic heterocycles. The maximum Gasteiger partial charge on any atom is 0.220 e. The van der Waals surface area contributed by atoms with E-state index in [0.717, 1.165) is 47.8 Å².